The molecule has 0 N–H and O–H groups in total. The fraction of sp³-hybridized carbons (Fsp3) is 0.267. The predicted octanol–water partition coefficient (Wildman–Crippen LogP) is 3.35. The molecular weight excluding hydrogens is 324 g/mol. The van der Waals surface area contributed by atoms with Gasteiger partial charge in [-0.3, -0.25) is 9.29 Å². The van der Waals surface area contributed by atoms with Crippen molar-refractivity contribution in [3.05, 3.63) is 47.7 Å². The molecule has 0 aliphatic heterocycles. The number of hydrogen-bond donors (Lipinski definition) is 0. The maximum atomic E-state index is 13.0. The number of rotatable bonds is 6. The highest BCUT2D eigenvalue weighted by atomic mass is 35.5. The summed E-state index contributed by atoms with van der Waals surface area (Å²) in [7, 11) is -3.82. The molecule has 0 radical (unpaired) electrons. The van der Waals surface area contributed by atoms with E-state index in [0.29, 0.717) is 17.3 Å². The Kier molecular flexibility index (Phi) is 5.26. The summed E-state index contributed by atoms with van der Waals surface area (Å²) in [6.45, 7) is 4.15. The smallest absolute Gasteiger partial charge is 0.269 e. The molecule has 118 valence electrons. The highest BCUT2D eigenvalue weighted by Crippen LogP contribution is 2.32. The fourth-order valence-electron chi connectivity index (χ4n) is 2.08. The Balaban J connectivity index is 2.55. The third-order valence-corrected chi connectivity index (χ3v) is 5.24. The molecule has 0 spiro atoms. The quantitative estimate of drug-likeness (QED) is 0.809. The molecule has 1 aromatic heterocycles. The first-order chi connectivity index (χ1) is 10.5. The van der Waals surface area contributed by atoms with Crippen molar-refractivity contribution in [3.8, 4) is 5.75 Å². The Bertz CT molecular complexity index is 750. The van der Waals surface area contributed by atoms with Gasteiger partial charge >= 0.3 is 0 Å². The summed E-state index contributed by atoms with van der Waals surface area (Å²) in [5, 5.41) is 0.370. The molecule has 0 amide bonds. The van der Waals surface area contributed by atoms with E-state index in [1.165, 1.54) is 22.8 Å². The molecule has 0 unspecified atom stereocenters. The van der Waals surface area contributed by atoms with E-state index >= 15 is 0 Å². The van der Waals surface area contributed by atoms with Crippen LogP contribution in [0, 0.1) is 0 Å². The van der Waals surface area contributed by atoms with Crippen molar-refractivity contribution in [2.24, 2.45) is 0 Å². The monoisotopic (exact) mass is 340 g/mol. The second kappa shape index (κ2) is 6.98. The Morgan fingerprint density at radius 2 is 1.95 bits per heavy atom. The van der Waals surface area contributed by atoms with Gasteiger partial charge in [-0.1, -0.05) is 23.7 Å². The standard InChI is InChI=1S/C15H17ClN2O3S/c1-3-18(13-8-6-5-7-12(13)16)22(19,20)15-11-17-10-9-14(15)21-4-2/h5-11H,3-4H2,1-2H3. The lowest BCUT2D eigenvalue weighted by atomic mass is 10.3. The molecule has 2 rings (SSSR count). The molecule has 2 aromatic rings. The Morgan fingerprint density at radius 1 is 1.23 bits per heavy atom. The van der Waals surface area contributed by atoms with Gasteiger partial charge in [-0.05, 0) is 32.0 Å². The normalized spacial score (nSPS) is 11.2. The Morgan fingerprint density at radius 3 is 2.59 bits per heavy atom. The number of ether oxygens (including phenoxy) is 1. The number of sulfonamides is 1. The van der Waals surface area contributed by atoms with E-state index in [1.54, 1.807) is 38.1 Å². The lowest BCUT2D eigenvalue weighted by Gasteiger charge is -2.24. The SMILES string of the molecule is CCOc1ccncc1S(=O)(=O)N(CC)c1ccccc1Cl. The number of anilines is 1. The van der Waals surface area contributed by atoms with Gasteiger partial charge in [-0.15, -0.1) is 0 Å². The molecule has 0 saturated carbocycles. The van der Waals surface area contributed by atoms with Gasteiger partial charge in [0.05, 0.1) is 23.5 Å². The first kappa shape index (κ1) is 16.6. The molecule has 0 fully saturated rings. The molecule has 22 heavy (non-hydrogen) atoms. The number of para-hydroxylation sites is 1. The fourth-order valence-corrected chi connectivity index (χ4v) is 3.94. The van der Waals surface area contributed by atoms with Gasteiger partial charge in [0.15, 0.2) is 0 Å². The number of benzene rings is 1. The minimum Gasteiger partial charge on any atom is -0.492 e. The molecule has 0 bridgehead atoms. The summed E-state index contributed by atoms with van der Waals surface area (Å²) in [5.41, 5.74) is 0.429. The summed E-state index contributed by atoms with van der Waals surface area (Å²) in [4.78, 5) is 3.93. The number of aromatic nitrogens is 1. The Hall–Kier alpha value is -1.79. The van der Waals surface area contributed by atoms with E-state index in [-0.39, 0.29) is 17.2 Å². The van der Waals surface area contributed by atoms with Crippen molar-refractivity contribution < 1.29 is 13.2 Å². The highest BCUT2D eigenvalue weighted by Gasteiger charge is 2.28. The zero-order chi connectivity index (χ0) is 16.2. The Labute approximate surface area is 135 Å². The van der Waals surface area contributed by atoms with Crippen LogP contribution in [0.2, 0.25) is 5.02 Å². The molecule has 0 aliphatic rings. The summed E-state index contributed by atoms with van der Waals surface area (Å²) in [5.74, 6) is 0.281. The second-order valence-corrected chi connectivity index (χ2v) is 6.61. The number of halogens is 1. The summed E-state index contributed by atoms with van der Waals surface area (Å²) in [6.07, 6.45) is 2.79. The third-order valence-electron chi connectivity index (χ3n) is 3.02. The minimum absolute atomic E-state index is 0.0265. The van der Waals surface area contributed by atoms with Crippen LogP contribution in [0.5, 0.6) is 5.75 Å². The molecule has 0 saturated heterocycles. The van der Waals surface area contributed by atoms with E-state index in [0.717, 1.165) is 0 Å². The van der Waals surface area contributed by atoms with E-state index in [1.807, 2.05) is 0 Å². The van der Waals surface area contributed by atoms with Gasteiger partial charge < -0.3 is 4.74 Å². The lowest BCUT2D eigenvalue weighted by molar-refractivity contribution is 0.330. The van der Waals surface area contributed by atoms with Crippen LogP contribution < -0.4 is 9.04 Å². The molecule has 5 nitrogen and oxygen atoms in total. The van der Waals surface area contributed by atoms with Gasteiger partial charge in [0, 0.05) is 12.7 Å². The van der Waals surface area contributed by atoms with Crippen molar-refractivity contribution in [1.29, 1.82) is 0 Å². The summed E-state index contributed by atoms with van der Waals surface area (Å²) in [6, 6.07) is 8.35. The molecule has 1 heterocycles. The van der Waals surface area contributed by atoms with Crippen molar-refractivity contribution >= 4 is 27.3 Å². The van der Waals surface area contributed by atoms with Crippen molar-refractivity contribution in [1.82, 2.24) is 4.98 Å². The zero-order valence-corrected chi connectivity index (χ0v) is 13.9. The van der Waals surface area contributed by atoms with Crippen molar-refractivity contribution in [2.75, 3.05) is 17.5 Å². The largest absolute Gasteiger partial charge is 0.492 e. The van der Waals surface area contributed by atoms with E-state index in [9.17, 15) is 8.42 Å². The summed E-state index contributed by atoms with van der Waals surface area (Å²) < 4.78 is 32.6. The molecular formula is C15H17ClN2O3S. The lowest BCUT2D eigenvalue weighted by Crippen LogP contribution is -2.31. The van der Waals surface area contributed by atoms with Gasteiger partial charge in [0.25, 0.3) is 10.0 Å². The van der Waals surface area contributed by atoms with Crippen LogP contribution in [0.1, 0.15) is 13.8 Å². The van der Waals surface area contributed by atoms with Crippen LogP contribution >= 0.6 is 11.6 Å². The number of pyridine rings is 1. The van der Waals surface area contributed by atoms with E-state index in [4.69, 9.17) is 16.3 Å². The molecule has 0 atom stereocenters. The van der Waals surface area contributed by atoms with E-state index < -0.39 is 10.0 Å². The zero-order valence-electron chi connectivity index (χ0n) is 12.4. The molecule has 1 aromatic carbocycles. The highest BCUT2D eigenvalue weighted by molar-refractivity contribution is 7.93. The number of hydrogen-bond acceptors (Lipinski definition) is 4. The predicted molar refractivity (Wildman–Crippen MR) is 87.1 cm³/mol. The van der Waals surface area contributed by atoms with Crippen LogP contribution in [-0.4, -0.2) is 26.6 Å². The first-order valence-electron chi connectivity index (χ1n) is 6.86. The van der Waals surface area contributed by atoms with Crippen molar-refractivity contribution in [3.63, 3.8) is 0 Å². The summed E-state index contributed by atoms with van der Waals surface area (Å²) >= 11 is 6.14. The maximum absolute atomic E-state index is 13.0. The number of nitrogens with zero attached hydrogens (tertiary/aromatic N) is 2. The third kappa shape index (κ3) is 3.18. The van der Waals surface area contributed by atoms with E-state index in [2.05, 4.69) is 4.98 Å². The van der Waals surface area contributed by atoms with Gasteiger partial charge in [-0.25, -0.2) is 8.42 Å². The average molecular weight is 341 g/mol. The second-order valence-electron chi connectivity index (χ2n) is 4.38. The minimum atomic E-state index is -3.82. The molecule has 7 heteroatoms. The van der Waals surface area contributed by atoms with Crippen molar-refractivity contribution in [2.45, 2.75) is 18.7 Å². The molecule has 0 aliphatic carbocycles. The van der Waals surface area contributed by atoms with Crippen LogP contribution in [-0.2, 0) is 10.0 Å². The van der Waals surface area contributed by atoms with Gasteiger partial charge in [-0.2, -0.15) is 0 Å². The average Bonchev–Trinajstić information content (AvgIpc) is 2.50. The van der Waals surface area contributed by atoms with Gasteiger partial charge in [0.2, 0.25) is 0 Å². The maximum Gasteiger partial charge on any atom is 0.269 e. The van der Waals surface area contributed by atoms with Gasteiger partial charge in [0.1, 0.15) is 10.6 Å². The topological polar surface area (TPSA) is 59.5 Å². The van der Waals surface area contributed by atoms with Crippen LogP contribution in [0.15, 0.2) is 47.6 Å². The van der Waals surface area contributed by atoms with Crippen LogP contribution in [0.4, 0.5) is 5.69 Å². The van der Waals surface area contributed by atoms with Crippen LogP contribution in [0.3, 0.4) is 0 Å². The first-order valence-corrected chi connectivity index (χ1v) is 8.68. The van der Waals surface area contributed by atoms with Crippen LogP contribution in [0.25, 0.3) is 0 Å².